The van der Waals surface area contributed by atoms with Gasteiger partial charge in [0, 0.05) is 35.0 Å². The van der Waals surface area contributed by atoms with Crippen LogP contribution in [0, 0.1) is 0 Å². The molecule has 1 atom stereocenters. The summed E-state index contributed by atoms with van der Waals surface area (Å²) in [6, 6.07) is 17.6. The monoisotopic (exact) mass is 476 g/mol. The van der Waals surface area contributed by atoms with Gasteiger partial charge in [-0.05, 0) is 44.0 Å². The van der Waals surface area contributed by atoms with Crippen LogP contribution >= 0.6 is 27.7 Å². The van der Waals surface area contributed by atoms with Gasteiger partial charge in [-0.2, -0.15) is 11.8 Å². The number of carbonyl (C=O) groups is 2. The number of amides is 2. The molecule has 0 saturated carbocycles. The minimum Gasteiger partial charge on any atom is -0.352 e. The number of rotatable bonds is 10. The Bertz CT molecular complexity index is 781. The van der Waals surface area contributed by atoms with E-state index in [1.54, 1.807) is 23.6 Å². The zero-order valence-electron chi connectivity index (χ0n) is 17.2. The van der Waals surface area contributed by atoms with Crippen LogP contribution in [0.3, 0.4) is 0 Å². The molecule has 29 heavy (non-hydrogen) atoms. The minimum atomic E-state index is -0.521. The number of hydrogen-bond donors (Lipinski definition) is 1. The molecular weight excluding hydrogens is 448 g/mol. The van der Waals surface area contributed by atoms with E-state index in [9.17, 15) is 9.59 Å². The molecule has 1 N–H and O–H groups in total. The maximum atomic E-state index is 13.0. The van der Waals surface area contributed by atoms with Crippen molar-refractivity contribution >= 4 is 39.5 Å². The minimum absolute atomic E-state index is 0.000105. The van der Waals surface area contributed by atoms with Gasteiger partial charge in [0.15, 0.2) is 0 Å². The lowest BCUT2D eigenvalue weighted by atomic mass is 10.1. The van der Waals surface area contributed by atoms with Crippen molar-refractivity contribution in [3.05, 3.63) is 70.2 Å². The highest BCUT2D eigenvalue weighted by atomic mass is 79.9. The first-order valence-corrected chi connectivity index (χ1v) is 11.8. The molecule has 0 radical (unpaired) electrons. The van der Waals surface area contributed by atoms with Gasteiger partial charge in [0.05, 0.1) is 0 Å². The lowest BCUT2D eigenvalue weighted by Gasteiger charge is -2.29. The molecule has 0 aliphatic rings. The van der Waals surface area contributed by atoms with Crippen molar-refractivity contribution in [2.45, 2.75) is 51.6 Å². The first-order chi connectivity index (χ1) is 13.9. The Morgan fingerprint density at radius 3 is 2.28 bits per heavy atom. The van der Waals surface area contributed by atoms with Gasteiger partial charge >= 0.3 is 0 Å². The average Bonchev–Trinajstić information content (AvgIpc) is 2.70. The van der Waals surface area contributed by atoms with Crippen LogP contribution in [0.15, 0.2) is 59.1 Å². The fourth-order valence-corrected chi connectivity index (χ4v) is 4.00. The van der Waals surface area contributed by atoms with Gasteiger partial charge in [0.2, 0.25) is 11.8 Å². The number of halogens is 1. The molecule has 2 rings (SSSR count). The average molecular weight is 477 g/mol. The number of benzene rings is 2. The molecule has 0 aliphatic heterocycles. The first kappa shape index (κ1) is 23.5. The Hall–Kier alpha value is -1.79. The summed E-state index contributed by atoms with van der Waals surface area (Å²) >= 11 is 5.17. The molecule has 2 amide bonds. The van der Waals surface area contributed by atoms with Crippen molar-refractivity contribution in [3.8, 4) is 0 Å². The van der Waals surface area contributed by atoms with Crippen molar-refractivity contribution in [1.29, 1.82) is 0 Å². The third kappa shape index (κ3) is 8.23. The normalized spacial score (nSPS) is 11.9. The number of carbonyl (C=O) groups excluding carboxylic acids is 2. The summed E-state index contributed by atoms with van der Waals surface area (Å²) in [5, 5.41) is 2.92. The summed E-state index contributed by atoms with van der Waals surface area (Å²) in [5.74, 6) is 1.48. The van der Waals surface area contributed by atoms with Crippen LogP contribution in [0.5, 0.6) is 0 Å². The smallest absolute Gasteiger partial charge is 0.242 e. The number of nitrogens with zero attached hydrogens (tertiary/aromatic N) is 1. The van der Waals surface area contributed by atoms with Crippen LogP contribution in [0.25, 0.3) is 0 Å². The fourth-order valence-electron chi connectivity index (χ4n) is 2.84. The third-order valence-electron chi connectivity index (χ3n) is 4.44. The van der Waals surface area contributed by atoms with E-state index in [1.807, 2.05) is 56.3 Å². The van der Waals surface area contributed by atoms with Gasteiger partial charge < -0.3 is 10.2 Å². The van der Waals surface area contributed by atoms with E-state index in [0.29, 0.717) is 13.0 Å². The second-order valence-electron chi connectivity index (χ2n) is 7.28. The number of hydrogen-bond acceptors (Lipinski definition) is 3. The summed E-state index contributed by atoms with van der Waals surface area (Å²) < 4.78 is 0.988. The summed E-state index contributed by atoms with van der Waals surface area (Å²) in [5.41, 5.74) is 2.25. The lowest BCUT2D eigenvalue weighted by Crippen LogP contribution is -2.49. The van der Waals surface area contributed by atoms with E-state index in [-0.39, 0.29) is 17.9 Å². The van der Waals surface area contributed by atoms with Gasteiger partial charge in [-0.1, -0.05) is 58.4 Å². The second kappa shape index (κ2) is 12.0. The van der Waals surface area contributed by atoms with Crippen LogP contribution in [0.4, 0.5) is 0 Å². The van der Waals surface area contributed by atoms with Crippen LogP contribution in [-0.4, -0.2) is 34.6 Å². The zero-order valence-corrected chi connectivity index (χ0v) is 19.6. The fraction of sp³-hybridized carbons (Fsp3) is 0.391. The number of thioether (sulfide) groups is 1. The van der Waals surface area contributed by atoms with E-state index in [4.69, 9.17) is 0 Å². The Balaban J connectivity index is 1.99. The molecule has 4 nitrogen and oxygen atoms in total. The maximum Gasteiger partial charge on any atom is 0.242 e. The molecule has 0 spiro atoms. The van der Waals surface area contributed by atoms with Gasteiger partial charge in [0.25, 0.3) is 0 Å². The zero-order chi connectivity index (χ0) is 21.2. The van der Waals surface area contributed by atoms with Crippen molar-refractivity contribution in [1.82, 2.24) is 10.2 Å². The predicted molar refractivity (Wildman–Crippen MR) is 125 cm³/mol. The Kier molecular flexibility index (Phi) is 9.74. The topological polar surface area (TPSA) is 49.4 Å². The van der Waals surface area contributed by atoms with Crippen LogP contribution in [-0.2, 0) is 21.9 Å². The van der Waals surface area contributed by atoms with Crippen molar-refractivity contribution < 1.29 is 9.59 Å². The summed E-state index contributed by atoms with van der Waals surface area (Å²) in [6.07, 6.45) is 0.410. The number of nitrogens with one attached hydrogen (secondary N) is 1. The molecule has 0 fully saturated rings. The van der Waals surface area contributed by atoms with Crippen LogP contribution in [0.1, 0.15) is 38.3 Å². The molecule has 0 bridgehead atoms. The Morgan fingerprint density at radius 2 is 1.66 bits per heavy atom. The molecule has 1 unspecified atom stereocenters. The summed E-state index contributed by atoms with van der Waals surface area (Å²) in [4.78, 5) is 27.2. The summed E-state index contributed by atoms with van der Waals surface area (Å²) in [6.45, 7) is 6.06. The van der Waals surface area contributed by atoms with Crippen molar-refractivity contribution in [3.63, 3.8) is 0 Å². The maximum absolute atomic E-state index is 13.0. The van der Waals surface area contributed by atoms with Gasteiger partial charge in [0.1, 0.15) is 6.04 Å². The van der Waals surface area contributed by atoms with Gasteiger partial charge in [-0.15, -0.1) is 0 Å². The molecule has 0 saturated heterocycles. The molecule has 2 aromatic carbocycles. The van der Waals surface area contributed by atoms with Crippen LogP contribution in [0.2, 0.25) is 0 Å². The van der Waals surface area contributed by atoms with E-state index >= 15 is 0 Å². The molecule has 0 aromatic heterocycles. The highest BCUT2D eigenvalue weighted by Gasteiger charge is 2.26. The second-order valence-corrected chi connectivity index (χ2v) is 9.30. The molecule has 156 valence electrons. The molecule has 0 heterocycles. The van der Waals surface area contributed by atoms with E-state index < -0.39 is 6.04 Å². The van der Waals surface area contributed by atoms with E-state index in [0.717, 1.165) is 21.5 Å². The highest BCUT2D eigenvalue weighted by molar-refractivity contribution is 9.10. The SMILES string of the molecule is CC(C)NC(=O)C(C)N(Cc1ccc(Br)cc1)C(=O)CCSCc1ccccc1. The van der Waals surface area contributed by atoms with Gasteiger partial charge in [-0.25, -0.2) is 0 Å². The standard InChI is InChI=1S/C23H29BrN2O2S/c1-17(2)25-23(28)18(3)26(15-19-9-11-21(24)12-10-19)22(27)13-14-29-16-20-7-5-4-6-8-20/h4-12,17-18H,13-16H2,1-3H3,(H,25,28). The quantitative estimate of drug-likeness (QED) is 0.490. The molecule has 6 heteroatoms. The molecular formula is C23H29BrN2O2S. The lowest BCUT2D eigenvalue weighted by molar-refractivity contribution is -0.140. The highest BCUT2D eigenvalue weighted by Crippen LogP contribution is 2.17. The van der Waals surface area contributed by atoms with Crippen molar-refractivity contribution in [2.24, 2.45) is 0 Å². The van der Waals surface area contributed by atoms with Crippen LogP contribution < -0.4 is 5.32 Å². The van der Waals surface area contributed by atoms with Crippen molar-refractivity contribution in [2.75, 3.05) is 5.75 Å². The van der Waals surface area contributed by atoms with E-state index in [1.165, 1.54) is 5.56 Å². The predicted octanol–water partition coefficient (Wildman–Crippen LogP) is 5.01. The Labute approximate surface area is 186 Å². The Morgan fingerprint density at radius 1 is 1.00 bits per heavy atom. The molecule has 2 aromatic rings. The largest absolute Gasteiger partial charge is 0.352 e. The summed E-state index contributed by atoms with van der Waals surface area (Å²) in [7, 11) is 0. The van der Waals surface area contributed by atoms with Gasteiger partial charge in [-0.3, -0.25) is 9.59 Å². The van der Waals surface area contributed by atoms with E-state index in [2.05, 4.69) is 33.4 Å². The third-order valence-corrected chi connectivity index (χ3v) is 6.00. The first-order valence-electron chi connectivity index (χ1n) is 9.82. The molecule has 0 aliphatic carbocycles.